The van der Waals surface area contributed by atoms with Crippen molar-refractivity contribution in [1.82, 2.24) is 15.0 Å². The molecule has 0 bridgehead atoms. The van der Waals surface area contributed by atoms with Crippen molar-refractivity contribution in [3.05, 3.63) is 46.1 Å². The van der Waals surface area contributed by atoms with Crippen LogP contribution in [0.4, 0.5) is 11.4 Å². The van der Waals surface area contributed by atoms with Gasteiger partial charge in [-0.1, -0.05) is 0 Å². The average molecular weight is 323 g/mol. The third-order valence-corrected chi connectivity index (χ3v) is 4.32. The average Bonchev–Trinajstić information content (AvgIpc) is 3.05. The number of hydrogen-bond acceptors (Lipinski definition) is 5. The minimum atomic E-state index is -0.633. The molecule has 1 aliphatic heterocycles. The van der Waals surface area contributed by atoms with Gasteiger partial charge in [-0.3, -0.25) is 14.9 Å². The summed E-state index contributed by atoms with van der Waals surface area (Å²) in [7, 11) is 0. The van der Waals surface area contributed by atoms with Gasteiger partial charge in [-0.25, -0.2) is 9.97 Å². The maximum atomic E-state index is 12.0. The number of aromatic nitrogens is 3. The van der Waals surface area contributed by atoms with Gasteiger partial charge >= 0.3 is 0 Å². The van der Waals surface area contributed by atoms with E-state index in [1.165, 1.54) is 18.3 Å². The Hall–Kier alpha value is -3.29. The lowest BCUT2D eigenvalue weighted by atomic mass is 9.86. The Kier molecular flexibility index (Phi) is 2.75. The molecule has 0 radical (unpaired) electrons. The first kappa shape index (κ1) is 14.3. The van der Waals surface area contributed by atoms with Gasteiger partial charge in [0.05, 0.1) is 21.4 Å². The van der Waals surface area contributed by atoms with Gasteiger partial charge in [-0.15, -0.1) is 0 Å². The number of H-pyrrole nitrogens is 1. The van der Waals surface area contributed by atoms with Gasteiger partial charge in [-0.05, 0) is 37.6 Å². The number of carbonyl (C=O) groups excluding carboxylic acids is 1. The highest BCUT2D eigenvalue weighted by atomic mass is 16.6. The van der Waals surface area contributed by atoms with E-state index in [-0.39, 0.29) is 17.3 Å². The number of anilines is 1. The number of imidazole rings is 1. The summed E-state index contributed by atoms with van der Waals surface area (Å²) < 4.78 is 0. The van der Waals surface area contributed by atoms with Gasteiger partial charge in [-0.2, -0.15) is 0 Å². The Balaban J connectivity index is 1.91. The number of fused-ring (bicyclic) bond motifs is 2. The van der Waals surface area contributed by atoms with E-state index in [4.69, 9.17) is 0 Å². The van der Waals surface area contributed by atoms with Crippen molar-refractivity contribution in [3.63, 3.8) is 0 Å². The van der Waals surface area contributed by atoms with Crippen LogP contribution in [0, 0.1) is 10.1 Å². The van der Waals surface area contributed by atoms with Crippen molar-refractivity contribution in [2.45, 2.75) is 19.3 Å². The predicted molar refractivity (Wildman–Crippen MR) is 87.6 cm³/mol. The molecule has 1 aliphatic rings. The Bertz CT molecular complexity index is 1020. The minimum Gasteiger partial charge on any atom is -0.336 e. The van der Waals surface area contributed by atoms with Crippen molar-refractivity contribution in [3.8, 4) is 11.5 Å². The molecule has 0 saturated heterocycles. The van der Waals surface area contributed by atoms with Crippen molar-refractivity contribution in [1.29, 1.82) is 0 Å². The number of nitrogens with zero attached hydrogens (tertiary/aromatic N) is 3. The van der Waals surface area contributed by atoms with Crippen LogP contribution in [-0.4, -0.2) is 25.8 Å². The summed E-state index contributed by atoms with van der Waals surface area (Å²) >= 11 is 0. The lowest BCUT2D eigenvalue weighted by molar-refractivity contribution is -0.384. The number of aromatic amines is 1. The number of carbonyl (C=O) groups is 1. The van der Waals surface area contributed by atoms with Gasteiger partial charge in [0, 0.05) is 18.0 Å². The number of benzene rings is 1. The molecule has 2 N–H and O–H groups in total. The smallest absolute Gasteiger partial charge is 0.298 e. The molecule has 0 aliphatic carbocycles. The van der Waals surface area contributed by atoms with Crippen LogP contribution in [0.5, 0.6) is 0 Å². The van der Waals surface area contributed by atoms with Gasteiger partial charge in [0.15, 0.2) is 11.5 Å². The molecule has 0 unspecified atom stereocenters. The molecule has 0 spiro atoms. The van der Waals surface area contributed by atoms with E-state index in [0.717, 1.165) is 5.56 Å². The van der Waals surface area contributed by atoms with Crippen molar-refractivity contribution >= 4 is 28.3 Å². The number of nitro groups is 1. The molecule has 0 fully saturated rings. The molecule has 1 amide bonds. The van der Waals surface area contributed by atoms with Crippen LogP contribution in [0.3, 0.4) is 0 Å². The third kappa shape index (κ3) is 1.89. The second-order valence-corrected chi connectivity index (χ2v) is 6.21. The third-order valence-electron chi connectivity index (χ3n) is 4.32. The van der Waals surface area contributed by atoms with E-state index in [0.29, 0.717) is 22.5 Å². The fourth-order valence-corrected chi connectivity index (χ4v) is 2.92. The van der Waals surface area contributed by atoms with Crippen LogP contribution in [0.15, 0.2) is 30.5 Å². The molecule has 120 valence electrons. The van der Waals surface area contributed by atoms with Crippen molar-refractivity contribution < 1.29 is 9.72 Å². The summed E-state index contributed by atoms with van der Waals surface area (Å²) in [6.07, 6.45) is 1.48. The molecule has 2 aromatic heterocycles. The highest BCUT2D eigenvalue weighted by molar-refractivity contribution is 6.07. The number of amides is 1. The molecular weight excluding hydrogens is 310 g/mol. The summed E-state index contributed by atoms with van der Waals surface area (Å²) in [6.45, 7) is 3.70. The van der Waals surface area contributed by atoms with E-state index < -0.39 is 10.3 Å². The van der Waals surface area contributed by atoms with Crippen LogP contribution in [0.1, 0.15) is 19.4 Å². The summed E-state index contributed by atoms with van der Waals surface area (Å²) in [4.78, 5) is 34.3. The molecule has 3 heterocycles. The van der Waals surface area contributed by atoms with Gasteiger partial charge in [0.25, 0.3) is 5.69 Å². The van der Waals surface area contributed by atoms with Crippen molar-refractivity contribution in [2.24, 2.45) is 0 Å². The zero-order chi connectivity index (χ0) is 17.1. The quantitative estimate of drug-likeness (QED) is 0.556. The molecule has 1 aromatic carbocycles. The monoisotopic (exact) mass is 323 g/mol. The number of rotatable bonds is 2. The molecule has 4 rings (SSSR count). The zero-order valence-corrected chi connectivity index (χ0v) is 13.0. The molecular formula is C16H13N5O3. The van der Waals surface area contributed by atoms with Crippen LogP contribution < -0.4 is 5.32 Å². The van der Waals surface area contributed by atoms with E-state index in [2.05, 4.69) is 20.3 Å². The Morgan fingerprint density at radius 3 is 2.83 bits per heavy atom. The number of nitrogens with one attached hydrogen (secondary N) is 2. The maximum absolute atomic E-state index is 12.0. The summed E-state index contributed by atoms with van der Waals surface area (Å²) in [6, 6.07) is 6.52. The molecule has 8 nitrogen and oxygen atoms in total. The normalized spacial score (nSPS) is 15.3. The molecule has 8 heteroatoms. The van der Waals surface area contributed by atoms with E-state index >= 15 is 0 Å². The Labute approximate surface area is 136 Å². The van der Waals surface area contributed by atoms with E-state index in [1.807, 2.05) is 19.9 Å². The fourth-order valence-electron chi connectivity index (χ4n) is 2.92. The minimum absolute atomic E-state index is 0.0641. The van der Waals surface area contributed by atoms with E-state index in [1.54, 1.807) is 6.07 Å². The molecule has 0 atom stereocenters. The topological polar surface area (TPSA) is 114 Å². The molecule has 0 saturated carbocycles. The first-order valence-corrected chi connectivity index (χ1v) is 7.33. The van der Waals surface area contributed by atoms with Gasteiger partial charge in [0.1, 0.15) is 0 Å². The second-order valence-electron chi connectivity index (χ2n) is 6.21. The SMILES string of the molecule is CC1(C)C(=O)Nc2cc3nc(-c4ncccc4[N+](=O)[O-])[nH]c3cc21. The van der Waals surface area contributed by atoms with Crippen LogP contribution in [0.2, 0.25) is 0 Å². The maximum Gasteiger partial charge on any atom is 0.298 e. The highest BCUT2D eigenvalue weighted by Gasteiger charge is 2.38. The van der Waals surface area contributed by atoms with Crippen LogP contribution in [0.25, 0.3) is 22.6 Å². The number of pyridine rings is 1. The van der Waals surface area contributed by atoms with Crippen LogP contribution in [-0.2, 0) is 10.2 Å². The second kappa shape index (κ2) is 4.60. The number of hydrogen-bond donors (Lipinski definition) is 2. The van der Waals surface area contributed by atoms with Gasteiger partial charge < -0.3 is 10.3 Å². The standard InChI is InChI=1S/C16H13N5O3/c1-16(2)8-6-10-11(7-9(8)20-15(16)22)19-14(18-10)13-12(21(23)24)4-3-5-17-13/h3-7H,1-2H3,(H,18,19)(H,20,22). The largest absolute Gasteiger partial charge is 0.336 e. The first-order valence-electron chi connectivity index (χ1n) is 7.33. The van der Waals surface area contributed by atoms with Crippen molar-refractivity contribution in [2.75, 3.05) is 5.32 Å². The molecule has 24 heavy (non-hydrogen) atoms. The van der Waals surface area contributed by atoms with Crippen LogP contribution >= 0.6 is 0 Å². The lowest BCUT2D eigenvalue weighted by Crippen LogP contribution is -2.26. The summed E-state index contributed by atoms with van der Waals surface area (Å²) in [5, 5.41) is 14.0. The molecule has 3 aromatic rings. The lowest BCUT2D eigenvalue weighted by Gasteiger charge is -2.14. The first-order chi connectivity index (χ1) is 11.4. The Morgan fingerprint density at radius 1 is 1.29 bits per heavy atom. The highest BCUT2D eigenvalue weighted by Crippen LogP contribution is 2.39. The summed E-state index contributed by atoms with van der Waals surface area (Å²) in [5.74, 6) is 0.260. The predicted octanol–water partition coefficient (Wildman–Crippen LogP) is 2.76. The zero-order valence-electron chi connectivity index (χ0n) is 13.0. The Morgan fingerprint density at radius 2 is 2.08 bits per heavy atom. The summed E-state index contributed by atoms with van der Waals surface area (Å²) in [5.41, 5.74) is 2.33. The van der Waals surface area contributed by atoms with E-state index in [9.17, 15) is 14.9 Å². The fraction of sp³-hybridized carbons (Fsp3) is 0.188. The van der Waals surface area contributed by atoms with Gasteiger partial charge in [0.2, 0.25) is 5.91 Å².